The third kappa shape index (κ3) is 47.0. The molecule has 0 atom stereocenters. The fourth-order valence-corrected chi connectivity index (χ4v) is 11.7. The molecule has 0 N–H and O–H groups in total. The van der Waals surface area contributed by atoms with Gasteiger partial charge in [-0.05, 0) is 38.5 Å². The molecule has 0 rings (SSSR count). The average molecular weight is 599 g/mol. The number of halogens is 3. The average Bonchev–Trinajstić information content (AvgIpc) is 2.80. The molecule has 0 spiro atoms. The lowest BCUT2D eigenvalue weighted by Crippen LogP contribution is -2.07. The summed E-state index contributed by atoms with van der Waals surface area (Å²) in [4.78, 5) is 17.0. The Kier molecular flexibility index (Phi) is 36.1. The molecule has 0 amide bonds. The van der Waals surface area contributed by atoms with Crippen molar-refractivity contribution in [2.75, 3.05) is 50.3 Å². The van der Waals surface area contributed by atoms with E-state index >= 15 is 0 Å². The first kappa shape index (κ1) is 44.8. The highest BCUT2D eigenvalue weighted by molar-refractivity contribution is 7.75. The number of rotatable bonds is 18. The van der Waals surface area contributed by atoms with Crippen molar-refractivity contribution < 1.29 is 27.5 Å². The van der Waals surface area contributed by atoms with Crippen LogP contribution < -0.4 is 9.79 Å². The van der Waals surface area contributed by atoms with Gasteiger partial charge >= 0.3 is 6.18 Å². The predicted molar refractivity (Wildman–Crippen MR) is 165 cm³/mol. The van der Waals surface area contributed by atoms with Gasteiger partial charge in [0.05, 0.1) is 37.0 Å². The van der Waals surface area contributed by atoms with E-state index in [0.29, 0.717) is 0 Å². The lowest BCUT2D eigenvalue weighted by atomic mass is 10.4. The Bertz CT molecular complexity index is 396. The fourth-order valence-electron chi connectivity index (χ4n) is 3.91. The van der Waals surface area contributed by atoms with Crippen LogP contribution in [0.1, 0.15) is 126 Å². The van der Waals surface area contributed by atoms with Gasteiger partial charge in [0.15, 0.2) is 0 Å². The van der Waals surface area contributed by atoms with Gasteiger partial charge in [0.2, 0.25) is 0 Å². The number of unbranched alkanes of at least 4 members (excludes halogenated alkanes) is 6. The van der Waals surface area contributed by atoms with Gasteiger partial charge in [-0.1, -0.05) is 88.3 Å². The summed E-state index contributed by atoms with van der Waals surface area (Å²) in [6.45, 7) is 19.4. The van der Waals surface area contributed by atoms with E-state index in [1.165, 1.54) is 77.0 Å². The molecule has 0 radical (unpaired) electrons. The highest BCUT2D eigenvalue weighted by Crippen LogP contribution is 2.57. The molecule has 3 nitrogen and oxygen atoms in total. The maximum atomic E-state index is 10.4. The van der Waals surface area contributed by atoms with Gasteiger partial charge in [-0.2, -0.15) is 13.2 Å². The maximum absolute atomic E-state index is 10.4. The monoisotopic (exact) mass is 598 g/mol. The van der Waals surface area contributed by atoms with Crippen LogP contribution in [0, 0.1) is 0 Å². The van der Waals surface area contributed by atoms with Gasteiger partial charge in [0.25, 0.3) is 0 Å². The second kappa shape index (κ2) is 29.8. The quantitative estimate of drug-likeness (QED) is 0.148. The molecular weight excluding hydrogens is 534 g/mol. The van der Waals surface area contributed by atoms with Crippen molar-refractivity contribution in [1.29, 1.82) is 0 Å². The Labute approximate surface area is 232 Å². The van der Waals surface area contributed by atoms with Crippen LogP contribution in [0.3, 0.4) is 0 Å². The topological polar surface area (TPSA) is 63.2 Å². The molecule has 230 valence electrons. The zero-order valence-corrected chi connectivity index (χ0v) is 28.8. The molecule has 0 aliphatic rings. The summed E-state index contributed by atoms with van der Waals surface area (Å²) in [6.07, 6.45) is 22.5. The molecule has 37 heavy (non-hydrogen) atoms. The van der Waals surface area contributed by atoms with Gasteiger partial charge in [-0.3, -0.25) is 0 Å². The second-order valence-corrected chi connectivity index (χ2v) is 20.4. The second-order valence-electron chi connectivity index (χ2n) is 10.7. The molecule has 0 aromatic heterocycles. The van der Waals surface area contributed by atoms with Crippen LogP contribution in [0.2, 0.25) is 0 Å². The van der Waals surface area contributed by atoms with E-state index in [0.717, 1.165) is 0 Å². The van der Waals surface area contributed by atoms with Crippen molar-refractivity contribution in [3.63, 3.8) is 0 Å². The van der Waals surface area contributed by atoms with E-state index in [1.807, 2.05) is 0 Å². The van der Waals surface area contributed by atoms with Crippen molar-refractivity contribution in [2.45, 2.75) is 132 Å². The maximum Gasteiger partial charge on any atom is 0.386 e. The highest BCUT2D eigenvalue weighted by Gasteiger charge is 2.29. The van der Waals surface area contributed by atoms with Crippen molar-refractivity contribution >= 4 is 22.8 Å². The first-order valence-electron chi connectivity index (χ1n) is 14.7. The minimum atomic E-state index is -4.00. The van der Waals surface area contributed by atoms with Crippen LogP contribution in [0.15, 0.2) is 0 Å². The lowest BCUT2D eigenvalue weighted by Gasteiger charge is -2.22. The summed E-state index contributed by atoms with van der Waals surface area (Å²) in [5.41, 5.74) is 0. The third-order valence-electron chi connectivity index (χ3n) is 6.31. The molecular formula is C28H64F3O3P3. The zero-order valence-electron chi connectivity index (χ0n) is 26.0. The minimum Gasteiger partial charge on any atom is -0.813 e. The molecule has 0 unspecified atom stereocenters. The van der Waals surface area contributed by atoms with Crippen LogP contribution in [-0.4, -0.2) is 56.5 Å². The minimum absolute atomic E-state index is 0.188. The first-order chi connectivity index (χ1) is 17.1. The van der Waals surface area contributed by atoms with Gasteiger partial charge in [-0.25, -0.2) is 0 Å². The van der Waals surface area contributed by atoms with Crippen molar-refractivity contribution in [3.8, 4) is 0 Å². The van der Waals surface area contributed by atoms with Crippen LogP contribution >= 0.6 is 22.8 Å². The normalized spacial score (nSPS) is 11.6. The smallest absolute Gasteiger partial charge is 0.386 e. The van der Waals surface area contributed by atoms with Gasteiger partial charge < -0.3 is 14.4 Å². The van der Waals surface area contributed by atoms with Crippen LogP contribution in [0.4, 0.5) is 13.2 Å². The number of hydrogen-bond acceptors (Lipinski definition) is 3. The van der Waals surface area contributed by atoms with Gasteiger partial charge in [-0.15, -0.1) is 0 Å². The molecule has 0 aromatic rings. The van der Waals surface area contributed by atoms with Crippen LogP contribution in [-0.2, 0) is 4.57 Å². The summed E-state index contributed by atoms with van der Waals surface area (Å²) in [5.74, 6) is 0. The molecule has 0 saturated heterocycles. The van der Waals surface area contributed by atoms with E-state index in [-0.39, 0.29) is 6.92 Å². The SMILES string of the molecule is CC(F)(F)F.CCCC[P+](C)(CCCC)CCCC.CCCC[P+](C)(CCCC)CCCC.O=[PH]([O-])[O-]. The summed E-state index contributed by atoms with van der Waals surface area (Å²) in [5, 5.41) is 0. The Morgan fingerprint density at radius 3 is 0.730 bits per heavy atom. The Hall–Kier alpha value is 0.800. The van der Waals surface area contributed by atoms with Gasteiger partial charge in [0, 0.05) is 34.8 Å². The van der Waals surface area contributed by atoms with E-state index < -0.39 is 29.0 Å². The molecule has 0 bridgehead atoms. The summed E-state index contributed by atoms with van der Waals surface area (Å²) in [7, 11) is -4.67. The predicted octanol–water partition coefficient (Wildman–Crippen LogP) is 9.73. The van der Waals surface area contributed by atoms with E-state index in [9.17, 15) is 13.2 Å². The van der Waals surface area contributed by atoms with Crippen molar-refractivity contribution in [3.05, 3.63) is 0 Å². The zero-order chi connectivity index (χ0) is 29.8. The molecule has 0 aliphatic carbocycles. The van der Waals surface area contributed by atoms with Crippen molar-refractivity contribution in [1.82, 2.24) is 0 Å². The molecule has 0 fully saturated rings. The van der Waals surface area contributed by atoms with Gasteiger partial charge in [0.1, 0.15) is 0 Å². The summed E-state index contributed by atoms with van der Waals surface area (Å²) >= 11 is 0. The summed E-state index contributed by atoms with van der Waals surface area (Å²) in [6, 6.07) is 0. The fraction of sp³-hybridized carbons (Fsp3) is 1.00. The molecule has 0 heterocycles. The van der Waals surface area contributed by atoms with E-state index in [4.69, 9.17) is 14.4 Å². The number of alkyl halides is 3. The Balaban J connectivity index is -0.000000222. The van der Waals surface area contributed by atoms with Crippen molar-refractivity contribution in [2.24, 2.45) is 0 Å². The van der Waals surface area contributed by atoms with Crippen LogP contribution in [0.25, 0.3) is 0 Å². The highest BCUT2D eigenvalue weighted by atomic mass is 31.2. The van der Waals surface area contributed by atoms with E-state index in [1.54, 1.807) is 37.0 Å². The Morgan fingerprint density at radius 1 is 0.541 bits per heavy atom. The molecule has 0 aliphatic heterocycles. The number of hydrogen-bond donors (Lipinski definition) is 0. The first-order valence-corrected chi connectivity index (χ1v) is 21.5. The Morgan fingerprint density at radius 2 is 0.649 bits per heavy atom. The van der Waals surface area contributed by atoms with Crippen LogP contribution in [0.5, 0.6) is 0 Å². The molecule has 0 saturated carbocycles. The van der Waals surface area contributed by atoms with E-state index in [2.05, 4.69) is 54.9 Å². The lowest BCUT2D eigenvalue weighted by molar-refractivity contribution is -0.297. The summed E-state index contributed by atoms with van der Waals surface area (Å²) < 4.78 is 39.6. The molecule has 9 heteroatoms. The largest absolute Gasteiger partial charge is 0.813 e. The standard InChI is InChI=1S/2C13H30P.C2H3F3.H3O3P/c2*1-5-8-11-14(4,12-9-6-2)13-10-7-3;1-2(3,4)5;1-4(2)3/h2*5-13H2,1-4H3;1H3;4H,(H2,1,2,3)/q2*+1;;/p-2. The molecule has 0 aromatic carbocycles. The third-order valence-corrected chi connectivity index (χ3v) is 14.7.